The second-order valence-electron chi connectivity index (χ2n) is 4.06. The molecule has 0 bridgehead atoms. The molecule has 0 fully saturated rings. The summed E-state index contributed by atoms with van der Waals surface area (Å²) in [6.45, 7) is 7.31. The molecule has 0 atom stereocenters. The Labute approximate surface area is 121 Å². The number of carboxylic acids is 1. The summed E-state index contributed by atoms with van der Waals surface area (Å²) in [5.41, 5.74) is 1.01. The Morgan fingerprint density at radius 1 is 1.37 bits per heavy atom. The van der Waals surface area contributed by atoms with Gasteiger partial charge in [0, 0.05) is 23.7 Å². The molecule has 1 N–H and O–H groups in total. The van der Waals surface area contributed by atoms with Crippen LogP contribution in [-0.4, -0.2) is 40.7 Å². The molecular weight excluding hydrogens is 282 g/mol. The maximum absolute atomic E-state index is 11.8. The highest BCUT2D eigenvalue weighted by molar-refractivity contribution is 7.99. The number of nitrogens with zero attached hydrogens (tertiary/aromatic N) is 1. The predicted octanol–water partition coefficient (Wildman–Crippen LogP) is 2.86. The maximum Gasteiger partial charge on any atom is 0.345 e. The van der Waals surface area contributed by atoms with Gasteiger partial charge in [-0.25, -0.2) is 4.79 Å². The zero-order valence-electron chi connectivity index (χ0n) is 11.4. The second kappa shape index (κ2) is 7.55. The predicted molar refractivity (Wildman–Crippen MR) is 80.1 cm³/mol. The number of carbonyl (C=O) groups is 2. The van der Waals surface area contributed by atoms with Crippen LogP contribution in [0.3, 0.4) is 0 Å². The number of aryl methyl sites for hydroxylation is 1. The number of thioether (sulfide) groups is 1. The summed E-state index contributed by atoms with van der Waals surface area (Å²) in [6.07, 6.45) is 0. The van der Waals surface area contributed by atoms with E-state index in [9.17, 15) is 9.59 Å². The maximum atomic E-state index is 11.8. The summed E-state index contributed by atoms with van der Waals surface area (Å²) in [6, 6.07) is 1.71. The van der Waals surface area contributed by atoms with Gasteiger partial charge in [-0.1, -0.05) is 0 Å². The largest absolute Gasteiger partial charge is 0.477 e. The van der Waals surface area contributed by atoms with Crippen molar-refractivity contribution in [3.8, 4) is 0 Å². The Balaban J connectivity index is 2.49. The molecule has 0 aliphatic heterocycles. The Hall–Kier alpha value is -1.01. The highest BCUT2D eigenvalue weighted by Crippen LogP contribution is 2.25. The molecule has 1 heterocycles. The molecular formula is C13H19NO3S2. The normalized spacial score (nSPS) is 10.5. The summed E-state index contributed by atoms with van der Waals surface area (Å²) in [5, 5.41) is 8.92. The minimum atomic E-state index is -0.886. The SMILES string of the molecule is CCN(CC)C(=O)CSCc1cc(C(=O)O)sc1C. The van der Waals surface area contributed by atoms with Crippen LogP contribution in [0.1, 0.15) is 34.0 Å². The first kappa shape index (κ1) is 16.0. The fraction of sp³-hybridized carbons (Fsp3) is 0.538. The van der Waals surface area contributed by atoms with Gasteiger partial charge in [0.1, 0.15) is 4.88 Å². The van der Waals surface area contributed by atoms with Gasteiger partial charge in [0.05, 0.1) is 5.75 Å². The second-order valence-corrected chi connectivity index (χ2v) is 6.30. The Bertz CT molecular complexity index is 453. The van der Waals surface area contributed by atoms with Gasteiger partial charge in [-0.3, -0.25) is 4.79 Å². The molecule has 1 amide bonds. The van der Waals surface area contributed by atoms with Crippen molar-refractivity contribution in [2.24, 2.45) is 0 Å². The lowest BCUT2D eigenvalue weighted by atomic mass is 10.3. The number of carboxylic acid groups (broad SMARTS) is 1. The van der Waals surface area contributed by atoms with E-state index in [2.05, 4.69) is 0 Å². The van der Waals surface area contributed by atoms with Gasteiger partial charge >= 0.3 is 5.97 Å². The minimum absolute atomic E-state index is 0.140. The van der Waals surface area contributed by atoms with Crippen LogP contribution < -0.4 is 0 Å². The van der Waals surface area contributed by atoms with E-state index in [1.165, 1.54) is 23.1 Å². The number of carbonyl (C=O) groups excluding carboxylic acids is 1. The molecule has 0 aromatic carbocycles. The molecule has 0 unspecified atom stereocenters. The Kier molecular flexibility index (Phi) is 6.37. The van der Waals surface area contributed by atoms with E-state index >= 15 is 0 Å². The van der Waals surface area contributed by atoms with Gasteiger partial charge < -0.3 is 10.0 Å². The average Bonchev–Trinajstić information content (AvgIpc) is 2.73. The molecule has 106 valence electrons. The number of aromatic carboxylic acids is 1. The molecule has 6 heteroatoms. The third kappa shape index (κ3) is 4.54. The zero-order valence-corrected chi connectivity index (χ0v) is 13.1. The van der Waals surface area contributed by atoms with Crippen molar-refractivity contribution in [3.63, 3.8) is 0 Å². The smallest absolute Gasteiger partial charge is 0.345 e. The monoisotopic (exact) mass is 301 g/mol. The van der Waals surface area contributed by atoms with E-state index in [-0.39, 0.29) is 5.91 Å². The lowest BCUT2D eigenvalue weighted by Gasteiger charge is -2.18. The van der Waals surface area contributed by atoms with E-state index in [0.717, 1.165) is 23.5 Å². The van der Waals surface area contributed by atoms with Gasteiger partial charge in [-0.05, 0) is 32.4 Å². The van der Waals surface area contributed by atoms with Crippen LogP contribution in [0.2, 0.25) is 0 Å². The molecule has 0 saturated carbocycles. The first-order valence-corrected chi connectivity index (χ1v) is 8.14. The van der Waals surface area contributed by atoms with Crippen molar-refractivity contribution in [2.75, 3.05) is 18.8 Å². The summed E-state index contributed by atoms with van der Waals surface area (Å²) in [4.78, 5) is 25.8. The lowest BCUT2D eigenvalue weighted by Crippen LogP contribution is -2.31. The van der Waals surface area contributed by atoms with Crippen LogP contribution in [0.4, 0.5) is 0 Å². The van der Waals surface area contributed by atoms with Crippen LogP contribution in [0.5, 0.6) is 0 Å². The van der Waals surface area contributed by atoms with Crippen molar-refractivity contribution in [2.45, 2.75) is 26.5 Å². The Morgan fingerprint density at radius 3 is 2.47 bits per heavy atom. The molecule has 1 aromatic heterocycles. The van der Waals surface area contributed by atoms with Crippen molar-refractivity contribution in [1.29, 1.82) is 0 Å². The van der Waals surface area contributed by atoms with E-state index < -0.39 is 5.97 Å². The average molecular weight is 301 g/mol. The van der Waals surface area contributed by atoms with E-state index in [1.54, 1.807) is 11.0 Å². The molecule has 0 saturated heterocycles. The molecule has 1 aromatic rings. The third-order valence-electron chi connectivity index (χ3n) is 2.83. The van der Waals surface area contributed by atoms with Crippen LogP contribution in [0.15, 0.2) is 6.07 Å². The molecule has 1 rings (SSSR count). The minimum Gasteiger partial charge on any atom is -0.477 e. The fourth-order valence-electron chi connectivity index (χ4n) is 1.68. The molecule has 0 aliphatic rings. The van der Waals surface area contributed by atoms with E-state index in [0.29, 0.717) is 16.4 Å². The Morgan fingerprint density at radius 2 is 2.00 bits per heavy atom. The number of amides is 1. The van der Waals surface area contributed by atoms with Crippen molar-refractivity contribution < 1.29 is 14.7 Å². The first-order chi connectivity index (χ1) is 8.99. The highest BCUT2D eigenvalue weighted by Gasteiger charge is 2.13. The zero-order chi connectivity index (χ0) is 14.4. The summed E-state index contributed by atoms with van der Waals surface area (Å²) >= 11 is 2.82. The quantitative estimate of drug-likeness (QED) is 0.841. The van der Waals surface area contributed by atoms with Crippen molar-refractivity contribution in [3.05, 3.63) is 21.4 Å². The van der Waals surface area contributed by atoms with Gasteiger partial charge in [0.2, 0.25) is 5.91 Å². The van der Waals surface area contributed by atoms with E-state index in [1.807, 2.05) is 20.8 Å². The summed E-state index contributed by atoms with van der Waals surface area (Å²) < 4.78 is 0. The van der Waals surface area contributed by atoms with Gasteiger partial charge in [-0.2, -0.15) is 0 Å². The van der Waals surface area contributed by atoms with E-state index in [4.69, 9.17) is 5.11 Å². The summed E-state index contributed by atoms with van der Waals surface area (Å²) in [5.74, 6) is 0.382. The number of hydrogen-bond donors (Lipinski definition) is 1. The topological polar surface area (TPSA) is 57.6 Å². The molecule has 0 spiro atoms. The van der Waals surface area contributed by atoms with Gasteiger partial charge in [-0.15, -0.1) is 23.1 Å². The standard InChI is InChI=1S/C13H19NO3S2/c1-4-14(5-2)12(15)8-18-7-10-6-11(13(16)17)19-9(10)3/h6H,4-5,7-8H2,1-3H3,(H,16,17). The molecule has 19 heavy (non-hydrogen) atoms. The number of thiophene rings is 1. The lowest BCUT2D eigenvalue weighted by molar-refractivity contribution is -0.127. The van der Waals surface area contributed by atoms with Crippen LogP contribution in [-0.2, 0) is 10.5 Å². The van der Waals surface area contributed by atoms with Crippen molar-refractivity contribution >= 4 is 35.0 Å². The van der Waals surface area contributed by atoms with Crippen molar-refractivity contribution in [1.82, 2.24) is 4.90 Å². The summed E-state index contributed by atoms with van der Waals surface area (Å²) in [7, 11) is 0. The van der Waals surface area contributed by atoms with Crippen LogP contribution in [0, 0.1) is 6.92 Å². The van der Waals surface area contributed by atoms with Gasteiger partial charge in [0.25, 0.3) is 0 Å². The van der Waals surface area contributed by atoms with Gasteiger partial charge in [0.15, 0.2) is 0 Å². The van der Waals surface area contributed by atoms with Crippen LogP contribution in [0.25, 0.3) is 0 Å². The number of hydrogen-bond acceptors (Lipinski definition) is 4. The first-order valence-electron chi connectivity index (χ1n) is 6.17. The number of rotatable bonds is 7. The molecule has 0 radical (unpaired) electrons. The molecule has 4 nitrogen and oxygen atoms in total. The molecule has 0 aliphatic carbocycles. The fourth-order valence-corrected chi connectivity index (χ4v) is 3.64. The highest BCUT2D eigenvalue weighted by atomic mass is 32.2. The third-order valence-corrected chi connectivity index (χ3v) is 4.88. The van der Waals surface area contributed by atoms with Crippen LogP contribution >= 0.6 is 23.1 Å².